The van der Waals surface area contributed by atoms with Gasteiger partial charge in [-0.15, -0.1) is 0 Å². The summed E-state index contributed by atoms with van der Waals surface area (Å²) >= 11 is 0. The van der Waals surface area contributed by atoms with E-state index in [4.69, 9.17) is 0 Å². The van der Waals surface area contributed by atoms with Crippen molar-refractivity contribution in [2.45, 2.75) is 46.5 Å². The summed E-state index contributed by atoms with van der Waals surface area (Å²) in [6.07, 6.45) is 2.25. The zero-order valence-electron chi connectivity index (χ0n) is 12.1. The Hall–Kier alpha value is -1.31. The fourth-order valence-corrected chi connectivity index (χ4v) is 2.38. The first-order chi connectivity index (χ1) is 8.67. The molecule has 18 heavy (non-hydrogen) atoms. The van der Waals surface area contributed by atoms with E-state index in [2.05, 4.69) is 26.0 Å². The highest BCUT2D eigenvalue weighted by atomic mass is 16.2. The van der Waals surface area contributed by atoms with Crippen LogP contribution in [0.3, 0.4) is 0 Å². The minimum atomic E-state index is 0.146. The lowest BCUT2D eigenvalue weighted by molar-refractivity contribution is 0.0773. The van der Waals surface area contributed by atoms with Crippen molar-refractivity contribution in [1.29, 1.82) is 0 Å². The molecular weight excluding hydrogens is 222 g/mol. The second-order valence-electron chi connectivity index (χ2n) is 4.62. The third-order valence-corrected chi connectivity index (χ3v) is 3.64. The van der Waals surface area contributed by atoms with Gasteiger partial charge in [0, 0.05) is 18.7 Å². The van der Waals surface area contributed by atoms with Crippen LogP contribution < -0.4 is 0 Å². The smallest absolute Gasteiger partial charge is 0.253 e. The van der Waals surface area contributed by atoms with Gasteiger partial charge in [-0.3, -0.25) is 4.79 Å². The summed E-state index contributed by atoms with van der Waals surface area (Å²) in [5, 5.41) is 0. The Kier molecular flexibility index (Phi) is 5.90. The number of benzene rings is 1. The van der Waals surface area contributed by atoms with E-state index >= 15 is 0 Å². The molecule has 0 N–H and O–H groups in total. The van der Waals surface area contributed by atoms with E-state index in [-0.39, 0.29) is 5.91 Å². The molecule has 0 atom stereocenters. The predicted molar refractivity (Wildman–Crippen MR) is 77.0 cm³/mol. The molecule has 1 aromatic rings. The molecule has 0 aliphatic heterocycles. The summed E-state index contributed by atoms with van der Waals surface area (Å²) in [6, 6.07) is 8.13. The number of rotatable bonds is 6. The average molecular weight is 247 g/mol. The Morgan fingerprint density at radius 3 is 2.22 bits per heavy atom. The van der Waals surface area contributed by atoms with Gasteiger partial charge in [0.15, 0.2) is 0 Å². The van der Waals surface area contributed by atoms with Gasteiger partial charge in [0.25, 0.3) is 5.91 Å². The normalized spacial score (nSPS) is 10.7. The molecule has 0 aliphatic rings. The van der Waals surface area contributed by atoms with Crippen LogP contribution in [0.25, 0.3) is 0 Å². The lowest BCUT2D eigenvalue weighted by Gasteiger charge is -2.20. The monoisotopic (exact) mass is 247 g/mol. The van der Waals surface area contributed by atoms with E-state index in [1.165, 1.54) is 5.56 Å². The van der Waals surface area contributed by atoms with Crippen LogP contribution in [-0.2, 0) is 0 Å². The summed E-state index contributed by atoms with van der Waals surface area (Å²) in [5.74, 6) is 0.710. The second kappa shape index (κ2) is 7.20. The Labute approximate surface area is 111 Å². The molecule has 1 aromatic carbocycles. The molecule has 0 aromatic heterocycles. The van der Waals surface area contributed by atoms with Gasteiger partial charge in [-0.05, 0) is 50.3 Å². The van der Waals surface area contributed by atoms with Crippen molar-refractivity contribution >= 4 is 5.91 Å². The highest BCUT2D eigenvalue weighted by Crippen LogP contribution is 2.23. The fraction of sp³-hybridized carbons (Fsp3) is 0.562. The van der Waals surface area contributed by atoms with Crippen LogP contribution in [0.15, 0.2) is 24.3 Å². The number of amides is 1. The highest BCUT2D eigenvalue weighted by molar-refractivity contribution is 5.94. The minimum absolute atomic E-state index is 0.146. The molecule has 1 rings (SSSR count). The maximum Gasteiger partial charge on any atom is 0.253 e. The van der Waals surface area contributed by atoms with Gasteiger partial charge in [-0.2, -0.15) is 0 Å². The van der Waals surface area contributed by atoms with E-state index in [0.717, 1.165) is 31.5 Å². The minimum Gasteiger partial charge on any atom is -0.339 e. The van der Waals surface area contributed by atoms with E-state index < -0.39 is 0 Å². The third-order valence-electron chi connectivity index (χ3n) is 3.64. The molecular formula is C16H25NO. The van der Waals surface area contributed by atoms with Gasteiger partial charge in [0.05, 0.1) is 0 Å². The Balaban J connectivity index is 2.97. The average Bonchev–Trinajstić information content (AvgIpc) is 2.42. The molecule has 0 aliphatic carbocycles. The molecule has 100 valence electrons. The van der Waals surface area contributed by atoms with Crippen molar-refractivity contribution in [2.75, 3.05) is 13.1 Å². The number of hydrogen-bond acceptors (Lipinski definition) is 1. The van der Waals surface area contributed by atoms with Gasteiger partial charge in [0.1, 0.15) is 0 Å². The predicted octanol–water partition coefficient (Wildman–Crippen LogP) is 4.07. The Bertz CT molecular complexity index is 378. The molecule has 2 nitrogen and oxygen atoms in total. The van der Waals surface area contributed by atoms with E-state index in [1.807, 2.05) is 30.9 Å². The van der Waals surface area contributed by atoms with E-state index in [1.54, 1.807) is 0 Å². The van der Waals surface area contributed by atoms with E-state index in [9.17, 15) is 4.79 Å². The standard InChI is InChI=1S/C16H25NO/c1-5-13(6-2)14-10-9-11-15(12-14)16(18)17(7-3)8-4/h9-13H,5-8H2,1-4H3. The number of hydrogen-bond donors (Lipinski definition) is 0. The van der Waals surface area contributed by atoms with Gasteiger partial charge < -0.3 is 4.90 Å². The third kappa shape index (κ3) is 3.34. The van der Waals surface area contributed by atoms with Gasteiger partial charge in [-0.25, -0.2) is 0 Å². The highest BCUT2D eigenvalue weighted by Gasteiger charge is 2.14. The summed E-state index contributed by atoms with van der Waals surface area (Å²) < 4.78 is 0. The van der Waals surface area contributed by atoms with Crippen molar-refractivity contribution in [3.8, 4) is 0 Å². The molecule has 2 heteroatoms. The van der Waals surface area contributed by atoms with Crippen molar-refractivity contribution in [3.05, 3.63) is 35.4 Å². The van der Waals surface area contributed by atoms with Crippen LogP contribution in [0.1, 0.15) is 62.4 Å². The van der Waals surface area contributed by atoms with Crippen LogP contribution in [0, 0.1) is 0 Å². The van der Waals surface area contributed by atoms with Crippen LogP contribution in [-0.4, -0.2) is 23.9 Å². The first kappa shape index (κ1) is 14.7. The number of nitrogens with zero attached hydrogens (tertiary/aromatic N) is 1. The number of carbonyl (C=O) groups excluding carboxylic acids is 1. The summed E-state index contributed by atoms with van der Waals surface area (Å²) in [5.41, 5.74) is 2.11. The molecule has 0 bridgehead atoms. The number of carbonyl (C=O) groups is 1. The molecule has 0 heterocycles. The lowest BCUT2D eigenvalue weighted by Crippen LogP contribution is -2.30. The van der Waals surface area contributed by atoms with Crippen molar-refractivity contribution in [2.24, 2.45) is 0 Å². The summed E-state index contributed by atoms with van der Waals surface area (Å²) in [4.78, 5) is 14.2. The van der Waals surface area contributed by atoms with Gasteiger partial charge in [0.2, 0.25) is 0 Å². The van der Waals surface area contributed by atoms with Gasteiger partial charge in [-0.1, -0.05) is 26.0 Å². The molecule has 0 saturated heterocycles. The Morgan fingerprint density at radius 2 is 1.72 bits per heavy atom. The molecule has 0 unspecified atom stereocenters. The second-order valence-corrected chi connectivity index (χ2v) is 4.62. The molecule has 0 fully saturated rings. The first-order valence-electron chi connectivity index (χ1n) is 7.07. The topological polar surface area (TPSA) is 20.3 Å². The van der Waals surface area contributed by atoms with Crippen molar-refractivity contribution < 1.29 is 4.79 Å². The molecule has 0 spiro atoms. The maximum atomic E-state index is 12.3. The zero-order valence-corrected chi connectivity index (χ0v) is 12.1. The first-order valence-corrected chi connectivity index (χ1v) is 7.07. The van der Waals surface area contributed by atoms with Gasteiger partial charge >= 0.3 is 0 Å². The van der Waals surface area contributed by atoms with E-state index in [0.29, 0.717) is 5.92 Å². The fourth-order valence-electron chi connectivity index (χ4n) is 2.38. The largest absolute Gasteiger partial charge is 0.339 e. The van der Waals surface area contributed by atoms with Crippen molar-refractivity contribution in [1.82, 2.24) is 4.90 Å². The quantitative estimate of drug-likeness (QED) is 0.742. The molecule has 0 saturated carbocycles. The molecule has 1 amide bonds. The van der Waals surface area contributed by atoms with Crippen LogP contribution in [0.4, 0.5) is 0 Å². The molecule has 0 radical (unpaired) electrons. The summed E-state index contributed by atoms with van der Waals surface area (Å²) in [7, 11) is 0. The summed E-state index contributed by atoms with van der Waals surface area (Å²) in [6.45, 7) is 9.98. The SMILES string of the molecule is CCC(CC)c1cccc(C(=O)N(CC)CC)c1. The Morgan fingerprint density at radius 1 is 1.11 bits per heavy atom. The maximum absolute atomic E-state index is 12.3. The zero-order chi connectivity index (χ0) is 13.5. The lowest BCUT2D eigenvalue weighted by atomic mass is 9.92. The van der Waals surface area contributed by atoms with Crippen LogP contribution in [0.5, 0.6) is 0 Å². The van der Waals surface area contributed by atoms with Crippen molar-refractivity contribution in [3.63, 3.8) is 0 Å². The van der Waals surface area contributed by atoms with Crippen LogP contribution in [0.2, 0.25) is 0 Å². The van der Waals surface area contributed by atoms with Crippen LogP contribution >= 0.6 is 0 Å².